The van der Waals surface area contributed by atoms with E-state index in [9.17, 15) is 5.11 Å². The van der Waals surface area contributed by atoms with Gasteiger partial charge in [-0.3, -0.25) is 0 Å². The molecule has 0 heterocycles. The van der Waals surface area contributed by atoms with Crippen molar-refractivity contribution in [3.05, 3.63) is 22.8 Å². The monoisotopic (exact) mass is 234 g/mol. The molecule has 2 aliphatic rings. The zero-order valence-corrected chi connectivity index (χ0v) is 11.3. The molecule has 17 heavy (non-hydrogen) atoms. The van der Waals surface area contributed by atoms with Gasteiger partial charge in [-0.1, -0.05) is 25.5 Å². The Balaban J connectivity index is 1.97. The van der Waals surface area contributed by atoms with E-state index in [1.165, 1.54) is 43.3 Å². The van der Waals surface area contributed by atoms with E-state index in [1.54, 1.807) is 5.57 Å². The lowest BCUT2D eigenvalue weighted by Gasteiger charge is -2.10. The molecule has 0 bridgehead atoms. The first kappa shape index (κ1) is 12.9. The molecule has 0 spiro atoms. The SMILES string of the molecule is CC(C)CCC=C1CCC(=C2CCCC2)C1O. The van der Waals surface area contributed by atoms with Crippen molar-refractivity contribution in [2.24, 2.45) is 5.92 Å². The summed E-state index contributed by atoms with van der Waals surface area (Å²) in [7, 11) is 0. The van der Waals surface area contributed by atoms with Gasteiger partial charge in [-0.2, -0.15) is 0 Å². The summed E-state index contributed by atoms with van der Waals surface area (Å²) in [5.74, 6) is 0.762. The van der Waals surface area contributed by atoms with Crippen LogP contribution in [0.1, 0.15) is 65.2 Å². The summed E-state index contributed by atoms with van der Waals surface area (Å²) in [6, 6.07) is 0. The molecule has 1 atom stereocenters. The minimum atomic E-state index is -0.227. The number of aliphatic hydroxyl groups is 1. The Morgan fingerprint density at radius 2 is 1.88 bits per heavy atom. The topological polar surface area (TPSA) is 20.2 Å². The fourth-order valence-corrected chi connectivity index (χ4v) is 3.09. The standard InChI is InChI=1S/C16H26O/c1-12(2)6-5-9-14-10-11-15(16(14)17)13-7-3-4-8-13/h9,12,16-17H,3-8,10-11H2,1-2H3. The zero-order chi connectivity index (χ0) is 12.3. The molecular weight excluding hydrogens is 208 g/mol. The number of hydrogen-bond donors (Lipinski definition) is 1. The molecule has 1 heteroatoms. The lowest BCUT2D eigenvalue weighted by atomic mass is 10.0. The predicted octanol–water partition coefficient (Wildman–Crippen LogP) is 4.37. The number of rotatable bonds is 3. The van der Waals surface area contributed by atoms with Crippen LogP contribution in [0.3, 0.4) is 0 Å². The van der Waals surface area contributed by atoms with Gasteiger partial charge in [0.1, 0.15) is 0 Å². The molecule has 1 unspecified atom stereocenters. The third-order valence-corrected chi connectivity index (χ3v) is 4.18. The van der Waals surface area contributed by atoms with Crippen LogP contribution in [0.25, 0.3) is 0 Å². The van der Waals surface area contributed by atoms with E-state index < -0.39 is 0 Å². The fraction of sp³-hybridized carbons (Fsp3) is 0.750. The molecule has 0 aromatic carbocycles. The highest BCUT2D eigenvalue weighted by Crippen LogP contribution is 2.38. The van der Waals surface area contributed by atoms with Crippen molar-refractivity contribution in [3.8, 4) is 0 Å². The smallest absolute Gasteiger partial charge is 0.0963 e. The Labute approximate surface area is 106 Å². The van der Waals surface area contributed by atoms with Crippen LogP contribution >= 0.6 is 0 Å². The maximum absolute atomic E-state index is 10.3. The first-order chi connectivity index (χ1) is 8.18. The molecule has 0 aromatic rings. The van der Waals surface area contributed by atoms with Gasteiger partial charge in [0, 0.05) is 0 Å². The molecule has 96 valence electrons. The normalized spacial score (nSPS) is 27.8. The van der Waals surface area contributed by atoms with Crippen molar-refractivity contribution in [3.63, 3.8) is 0 Å². The lowest BCUT2D eigenvalue weighted by molar-refractivity contribution is 0.253. The summed E-state index contributed by atoms with van der Waals surface area (Å²) in [6.07, 6.45) is 11.8. The van der Waals surface area contributed by atoms with E-state index in [0.717, 1.165) is 25.2 Å². The molecule has 2 rings (SSSR count). The van der Waals surface area contributed by atoms with Gasteiger partial charge in [0.2, 0.25) is 0 Å². The molecule has 0 saturated heterocycles. The Bertz CT molecular complexity index is 314. The highest BCUT2D eigenvalue weighted by Gasteiger charge is 2.27. The summed E-state index contributed by atoms with van der Waals surface area (Å²) in [5.41, 5.74) is 4.24. The summed E-state index contributed by atoms with van der Waals surface area (Å²) in [5, 5.41) is 10.3. The molecule has 0 aliphatic heterocycles. The van der Waals surface area contributed by atoms with E-state index in [-0.39, 0.29) is 6.10 Å². The number of aliphatic hydroxyl groups excluding tert-OH is 1. The summed E-state index contributed by atoms with van der Waals surface area (Å²) >= 11 is 0. The molecule has 0 radical (unpaired) electrons. The van der Waals surface area contributed by atoms with E-state index in [2.05, 4.69) is 19.9 Å². The van der Waals surface area contributed by atoms with Gasteiger partial charge in [-0.05, 0) is 68.4 Å². The highest BCUT2D eigenvalue weighted by molar-refractivity contribution is 5.35. The molecule has 1 N–H and O–H groups in total. The molecule has 2 fully saturated rings. The molecular formula is C16H26O. The second-order valence-corrected chi connectivity index (χ2v) is 5.99. The van der Waals surface area contributed by atoms with Crippen molar-refractivity contribution in [2.75, 3.05) is 0 Å². The second kappa shape index (κ2) is 5.86. The maximum atomic E-state index is 10.3. The third kappa shape index (κ3) is 3.22. The molecule has 0 aromatic heterocycles. The first-order valence-corrected chi connectivity index (χ1v) is 7.26. The first-order valence-electron chi connectivity index (χ1n) is 7.26. The van der Waals surface area contributed by atoms with Crippen molar-refractivity contribution < 1.29 is 5.11 Å². The predicted molar refractivity (Wildman–Crippen MR) is 72.9 cm³/mol. The Morgan fingerprint density at radius 3 is 2.53 bits per heavy atom. The van der Waals surface area contributed by atoms with Gasteiger partial charge in [0.15, 0.2) is 0 Å². The highest BCUT2D eigenvalue weighted by atomic mass is 16.3. The van der Waals surface area contributed by atoms with Crippen LogP contribution in [0.4, 0.5) is 0 Å². The molecule has 2 saturated carbocycles. The van der Waals surface area contributed by atoms with E-state index in [4.69, 9.17) is 0 Å². The summed E-state index contributed by atoms with van der Waals surface area (Å²) in [6.45, 7) is 4.52. The van der Waals surface area contributed by atoms with Crippen LogP contribution in [0.15, 0.2) is 22.8 Å². The average molecular weight is 234 g/mol. The summed E-state index contributed by atoms with van der Waals surface area (Å²) < 4.78 is 0. The maximum Gasteiger partial charge on any atom is 0.0963 e. The van der Waals surface area contributed by atoms with Crippen molar-refractivity contribution in [1.82, 2.24) is 0 Å². The van der Waals surface area contributed by atoms with Crippen molar-refractivity contribution in [1.29, 1.82) is 0 Å². The van der Waals surface area contributed by atoms with Crippen molar-refractivity contribution >= 4 is 0 Å². The minimum Gasteiger partial charge on any atom is -0.384 e. The van der Waals surface area contributed by atoms with Crippen LogP contribution in [-0.2, 0) is 0 Å². The van der Waals surface area contributed by atoms with Crippen LogP contribution in [0, 0.1) is 5.92 Å². The van der Waals surface area contributed by atoms with Gasteiger partial charge in [0.05, 0.1) is 6.10 Å². The minimum absolute atomic E-state index is 0.227. The van der Waals surface area contributed by atoms with Crippen LogP contribution < -0.4 is 0 Å². The average Bonchev–Trinajstić information content (AvgIpc) is 2.88. The van der Waals surface area contributed by atoms with Crippen LogP contribution in [0.5, 0.6) is 0 Å². The second-order valence-electron chi connectivity index (χ2n) is 5.99. The van der Waals surface area contributed by atoms with Gasteiger partial charge in [0.25, 0.3) is 0 Å². The largest absolute Gasteiger partial charge is 0.384 e. The van der Waals surface area contributed by atoms with E-state index in [1.807, 2.05) is 0 Å². The molecule has 0 amide bonds. The fourth-order valence-electron chi connectivity index (χ4n) is 3.09. The van der Waals surface area contributed by atoms with E-state index >= 15 is 0 Å². The van der Waals surface area contributed by atoms with Gasteiger partial charge in [-0.25, -0.2) is 0 Å². The van der Waals surface area contributed by atoms with Crippen LogP contribution in [0.2, 0.25) is 0 Å². The lowest BCUT2D eigenvalue weighted by Crippen LogP contribution is -2.07. The number of allylic oxidation sites excluding steroid dienone is 2. The van der Waals surface area contributed by atoms with Crippen LogP contribution in [-0.4, -0.2) is 11.2 Å². The summed E-state index contributed by atoms with van der Waals surface area (Å²) in [4.78, 5) is 0. The molecule has 1 nitrogen and oxygen atoms in total. The van der Waals surface area contributed by atoms with Crippen molar-refractivity contribution in [2.45, 2.75) is 71.3 Å². The molecule has 2 aliphatic carbocycles. The van der Waals surface area contributed by atoms with Gasteiger partial charge >= 0.3 is 0 Å². The Hall–Kier alpha value is -0.560. The number of hydrogen-bond acceptors (Lipinski definition) is 1. The zero-order valence-electron chi connectivity index (χ0n) is 11.3. The van der Waals surface area contributed by atoms with Gasteiger partial charge in [-0.15, -0.1) is 0 Å². The Morgan fingerprint density at radius 1 is 1.18 bits per heavy atom. The quantitative estimate of drug-likeness (QED) is 0.719. The van der Waals surface area contributed by atoms with Gasteiger partial charge < -0.3 is 5.11 Å². The third-order valence-electron chi connectivity index (χ3n) is 4.18. The van der Waals surface area contributed by atoms with E-state index in [0.29, 0.717) is 0 Å². The Kier molecular flexibility index (Phi) is 4.44.